The van der Waals surface area contributed by atoms with Crippen molar-refractivity contribution in [3.8, 4) is 0 Å². The summed E-state index contributed by atoms with van der Waals surface area (Å²) in [5.74, 6) is -0.321. The van der Waals surface area contributed by atoms with Gasteiger partial charge in [-0.1, -0.05) is 12.0 Å². The Kier molecular flexibility index (Phi) is 6.80. The molecule has 0 bridgehead atoms. The first-order valence-electron chi connectivity index (χ1n) is 6.56. The molecule has 21 heavy (non-hydrogen) atoms. The van der Waals surface area contributed by atoms with Crippen LogP contribution in [0.4, 0.5) is 0 Å². The minimum Gasteiger partial charge on any atom is -0.458 e. The van der Waals surface area contributed by atoms with Gasteiger partial charge in [0.25, 0.3) is 0 Å². The Morgan fingerprint density at radius 3 is 2.33 bits per heavy atom. The van der Waals surface area contributed by atoms with Crippen LogP contribution in [0.15, 0.2) is 5.11 Å². The van der Waals surface area contributed by atoms with Crippen LogP contribution < -0.4 is 0 Å². The van der Waals surface area contributed by atoms with Crippen molar-refractivity contribution in [3.05, 3.63) is 10.4 Å². The third kappa shape index (κ3) is 4.80. The van der Waals surface area contributed by atoms with Gasteiger partial charge < -0.3 is 14.2 Å². The Balaban J connectivity index is 3.10. The zero-order chi connectivity index (χ0) is 16.0. The molecule has 0 saturated carbocycles. The van der Waals surface area contributed by atoms with Crippen molar-refractivity contribution in [1.82, 2.24) is 0 Å². The van der Waals surface area contributed by atoms with Crippen molar-refractivity contribution in [1.29, 1.82) is 0 Å². The molecule has 0 aliphatic carbocycles. The molecule has 5 atom stereocenters. The Bertz CT molecular complexity index is 441. The van der Waals surface area contributed by atoms with Crippen LogP contribution in [-0.4, -0.2) is 47.5 Å². The summed E-state index contributed by atoms with van der Waals surface area (Å²) in [6.45, 7) is 6.16. The summed E-state index contributed by atoms with van der Waals surface area (Å²) in [5.41, 5.74) is 8.27. The van der Waals surface area contributed by atoms with E-state index >= 15 is 0 Å². The fourth-order valence-electron chi connectivity index (χ4n) is 2.15. The molecule has 8 nitrogen and oxygen atoms in total. The lowest BCUT2D eigenvalue weighted by Crippen LogP contribution is -2.57. The Morgan fingerprint density at radius 2 is 1.86 bits per heavy atom. The van der Waals surface area contributed by atoms with Crippen LogP contribution in [0.5, 0.6) is 0 Å². The maximum Gasteiger partial charge on any atom is 0.303 e. The monoisotopic (exact) mass is 317 g/mol. The standard InChI is InChI=1S/C12H19N3O5S/c1-5-21-12-9(14-15-13)11(20-8(4)17)10(6(2)18-12)19-7(3)16/h6,9-12H,5H2,1-4H3/t6-,9-,10+,11-,12?/m0/s1. The highest BCUT2D eigenvalue weighted by Crippen LogP contribution is 2.33. The predicted molar refractivity (Wildman–Crippen MR) is 76.5 cm³/mol. The van der Waals surface area contributed by atoms with Crippen LogP contribution in [0.2, 0.25) is 0 Å². The molecule has 1 unspecified atom stereocenters. The number of hydrogen-bond acceptors (Lipinski definition) is 7. The van der Waals surface area contributed by atoms with Crippen molar-refractivity contribution in [2.75, 3.05) is 5.75 Å². The number of ether oxygens (including phenoxy) is 3. The van der Waals surface area contributed by atoms with Gasteiger partial charge in [0.15, 0.2) is 12.2 Å². The van der Waals surface area contributed by atoms with E-state index in [0.717, 1.165) is 5.75 Å². The number of thioether (sulfide) groups is 1. The van der Waals surface area contributed by atoms with Crippen LogP contribution in [0.25, 0.3) is 10.4 Å². The van der Waals surface area contributed by atoms with E-state index in [2.05, 4.69) is 10.0 Å². The maximum atomic E-state index is 11.3. The quantitative estimate of drug-likeness (QED) is 0.332. The molecule has 1 aliphatic heterocycles. The molecule has 1 saturated heterocycles. The molecule has 9 heteroatoms. The van der Waals surface area contributed by atoms with E-state index in [0.29, 0.717) is 0 Å². The number of carbonyl (C=O) groups is 2. The molecule has 1 aliphatic rings. The van der Waals surface area contributed by atoms with Crippen LogP contribution in [0.3, 0.4) is 0 Å². The summed E-state index contributed by atoms with van der Waals surface area (Å²) in [6, 6.07) is -0.760. The van der Waals surface area contributed by atoms with Gasteiger partial charge in [-0.05, 0) is 18.2 Å². The van der Waals surface area contributed by atoms with E-state index in [1.807, 2.05) is 6.92 Å². The molecule has 0 N–H and O–H groups in total. The summed E-state index contributed by atoms with van der Waals surface area (Å²) in [5, 5.41) is 3.68. The minimum atomic E-state index is -0.866. The second kappa shape index (κ2) is 8.11. The van der Waals surface area contributed by atoms with Gasteiger partial charge in [0.05, 0.1) is 6.10 Å². The number of azide groups is 1. The smallest absolute Gasteiger partial charge is 0.303 e. The summed E-state index contributed by atoms with van der Waals surface area (Å²) in [6.07, 6.45) is -2.15. The second-order valence-corrected chi connectivity index (χ2v) is 5.88. The molecule has 0 aromatic rings. The third-order valence-corrected chi connectivity index (χ3v) is 3.92. The first kappa shape index (κ1) is 17.6. The number of rotatable bonds is 5. The first-order valence-corrected chi connectivity index (χ1v) is 7.61. The predicted octanol–water partition coefficient (Wildman–Crippen LogP) is 2.03. The fraction of sp³-hybridized carbons (Fsp3) is 0.833. The molecule has 0 aromatic carbocycles. The number of hydrogen-bond donors (Lipinski definition) is 0. The largest absolute Gasteiger partial charge is 0.458 e. The minimum absolute atomic E-state index is 0.461. The highest BCUT2D eigenvalue weighted by atomic mass is 32.2. The van der Waals surface area contributed by atoms with E-state index in [1.165, 1.54) is 25.6 Å². The molecular weight excluding hydrogens is 298 g/mol. The zero-order valence-corrected chi connectivity index (χ0v) is 13.2. The molecule has 0 amide bonds. The number of esters is 2. The molecule has 1 rings (SSSR count). The number of nitrogens with zero attached hydrogens (tertiary/aromatic N) is 3. The SMILES string of the molecule is CCSC1O[C@@H](C)[C@@H](OC(C)=O)[C@@H](OC(C)=O)[C@@H]1N=[N+]=[N-]. The maximum absolute atomic E-state index is 11.3. The third-order valence-electron chi connectivity index (χ3n) is 2.87. The van der Waals surface area contributed by atoms with Crippen LogP contribution >= 0.6 is 11.8 Å². The highest BCUT2D eigenvalue weighted by Gasteiger charge is 2.47. The lowest BCUT2D eigenvalue weighted by Gasteiger charge is -2.42. The average molecular weight is 317 g/mol. The summed E-state index contributed by atoms with van der Waals surface area (Å²) in [4.78, 5) is 25.3. The lowest BCUT2D eigenvalue weighted by molar-refractivity contribution is -0.198. The Labute approximate surface area is 127 Å². The van der Waals surface area contributed by atoms with Crippen molar-refractivity contribution in [3.63, 3.8) is 0 Å². The fourth-order valence-corrected chi connectivity index (χ4v) is 3.14. The van der Waals surface area contributed by atoms with Gasteiger partial charge in [-0.3, -0.25) is 9.59 Å². The summed E-state index contributed by atoms with van der Waals surface area (Å²) in [7, 11) is 0. The summed E-state index contributed by atoms with van der Waals surface area (Å²) >= 11 is 1.44. The van der Waals surface area contributed by atoms with Crippen molar-refractivity contribution in [2.24, 2.45) is 5.11 Å². The van der Waals surface area contributed by atoms with E-state index in [9.17, 15) is 9.59 Å². The van der Waals surface area contributed by atoms with Crippen LogP contribution in [0.1, 0.15) is 27.7 Å². The average Bonchev–Trinajstić information content (AvgIpc) is 2.37. The molecule has 0 spiro atoms. The van der Waals surface area contributed by atoms with Crippen molar-refractivity contribution >= 4 is 23.7 Å². The molecule has 118 valence electrons. The van der Waals surface area contributed by atoms with E-state index < -0.39 is 41.7 Å². The van der Waals surface area contributed by atoms with Crippen molar-refractivity contribution < 1.29 is 23.8 Å². The van der Waals surface area contributed by atoms with Gasteiger partial charge in [-0.15, -0.1) is 11.8 Å². The van der Waals surface area contributed by atoms with Gasteiger partial charge in [0, 0.05) is 18.8 Å². The summed E-state index contributed by atoms with van der Waals surface area (Å²) < 4.78 is 16.2. The molecule has 0 aromatic heterocycles. The molecular formula is C12H19N3O5S. The van der Waals surface area contributed by atoms with E-state index in [-0.39, 0.29) is 0 Å². The Morgan fingerprint density at radius 1 is 1.29 bits per heavy atom. The molecule has 1 heterocycles. The highest BCUT2D eigenvalue weighted by molar-refractivity contribution is 7.99. The van der Waals surface area contributed by atoms with Gasteiger partial charge in [-0.2, -0.15) is 0 Å². The van der Waals surface area contributed by atoms with E-state index in [1.54, 1.807) is 6.92 Å². The topological polar surface area (TPSA) is 111 Å². The second-order valence-electron chi connectivity index (χ2n) is 4.51. The molecule has 0 radical (unpaired) electrons. The van der Waals surface area contributed by atoms with Crippen LogP contribution in [0, 0.1) is 0 Å². The number of carbonyl (C=O) groups excluding carboxylic acids is 2. The van der Waals surface area contributed by atoms with Gasteiger partial charge in [0.1, 0.15) is 11.5 Å². The van der Waals surface area contributed by atoms with Gasteiger partial charge in [-0.25, -0.2) is 0 Å². The normalized spacial score (nSPS) is 31.9. The zero-order valence-electron chi connectivity index (χ0n) is 12.4. The van der Waals surface area contributed by atoms with Crippen molar-refractivity contribution in [2.45, 2.75) is 57.5 Å². The Hall–Kier alpha value is -1.44. The lowest BCUT2D eigenvalue weighted by atomic mass is 9.98. The van der Waals surface area contributed by atoms with Gasteiger partial charge >= 0.3 is 11.9 Å². The van der Waals surface area contributed by atoms with Crippen LogP contribution in [-0.2, 0) is 23.8 Å². The molecule has 1 fully saturated rings. The first-order chi connectivity index (χ1) is 9.90. The van der Waals surface area contributed by atoms with E-state index in [4.69, 9.17) is 19.7 Å². The van der Waals surface area contributed by atoms with Gasteiger partial charge in [0.2, 0.25) is 0 Å².